The fourth-order valence-corrected chi connectivity index (χ4v) is 2.58. The molecule has 20 heavy (non-hydrogen) atoms. The van der Waals surface area contributed by atoms with E-state index in [9.17, 15) is 0 Å². The molecule has 3 heteroatoms. The molecular weight excluding hydrogens is 312 g/mol. The summed E-state index contributed by atoms with van der Waals surface area (Å²) < 4.78 is 0.874. The van der Waals surface area contributed by atoms with E-state index >= 15 is 0 Å². The van der Waals surface area contributed by atoms with E-state index in [2.05, 4.69) is 70.4 Å². The zero-order valence-corrected chi connectivity index (χ0v) is 13.9. The second-order valence-corrected chi connectivity index (χ2v) is 6.35. The van der Waals surface area contributed by atoms with Crippen molar-refractivity contribution in [2.24, 2.45) is 5.92 Å². The van der Waals surface area contributed by atoms with Gasteiger partial charge < -0.3 is 5.32 Å². The fraction of sp³-hybridized carbons (Fsp3) is 0.353. The Morgan fingerprint density at radius 1 is 1.05 bits per heavy atom. The zero-order valence-electron chi connectivity index (χ0n) is 12.3. The molecule has 2 nitrogen and oxygen atoms in total. The minimum Gasteiger partial charge on any atom is -0.380 e. The second-order valence-electron chi connectivity index (χ2n) is 5.53. The molecule has 0 radical (unpaired) electrons. The molecule has 2 aromatic rings. The number of nitrogens with one attached hydrogen (secondary N) is 1. The highest BCUT2D eigenvalue weighted by Gasteiger charge is 2.01. The van der Waals surface area contributed by atoms with Crippen LogP contribution in [-0.4, -0.2) is 4.98 Å². The maximum Gasteiger partial charge on any atom is 0.106 e. The van der Waals surface area contributed by atoms with Gasteiger partial charge in [-0.2, -0.15) is 0 Å². The van der Waals surface area contributed by atoms with Crippen molar-refractivity contribution in [1.29, 1.82) is 0 Å². The molecule has 2 rings (SSSR count). The number of aryl methyl sites for hydroxylation is 1. The van der Waals surface area contributed by atoms with Crippen LogP contribution < -0.4 is 5.32 Å². The smallest absolute Gasteiger partial charge is 0.106 e. The summed E-state index contributed by atoms with van der Waals surface area (Å²) >= 11 is 3.38. The molecule has 0 saturated carbocycles. The van der Waals surface area contributed by atoms with Gasteiger partial charge in [0.2, 0.25) is 0 Å². The van der Waals surface area contributed by atoms with E-state index in [1.54, 1.807) is 0 Å². The molecular formula is C17H21BrN2. The van der Waals surface area contributed by atoms with Crippen molar-refractivity contribution >= 4 is 21.6 Å². The van der Waals surface area contributed by atoms with Gasteiger partial charge in [0, 0.05) is 6.54 Å². The highest BCUT2D eigenvalue weighted by molar-refractivity contribution is 9.10. The monoisotopic (exact) mass is 332 g/mol. The molecule has 0 fully saturated rings. The maximum atomic E-state index is 4.39. The summed E-state index contributed by atoms with van der Waals surface area (Å²) in [6.45, 7) is 7.34. The summed E-state index contributed by atoms with van der Waals surface area (Å²) in [5.41, 5.74) is 4.79. The van der Waals surface area contributed by atoms with Crippen molar-refractivity contribution in [2.75, 3.05) is 5.32 Å². The van der Waals surface area contributed by atoms with Crippen molar-refractivity contribution < 1.29 is 0 Å². The quantitative estimate of drug-likeness (QED) is 0.782. The van der Waals surface area contributed by atoms with Crippen LogP contribution in [0.4, 0.5) is 5.69 Å². The zero-order chi connectivity index (χ0) is 14.5. The van der Waals surface area contributed by atoms with E-state index in [0.29, 0.717) is 5.92 Å². The van der Waals surface area contributed by atoms with Crippen LogP contribution >= 0.6 is 15.9 Å². The molecule has 106 valence electrons. The molecule has 0 bridgehead atoms. The first-order valence-corrected chi connectivity index (χ1v) is 7.78. The van der Waals surface area contributed by atoms with Crippen LogP contribution in [0.1, 0.15) is 30.7 Å². The summed E-state index contributed by atoms with van der Waals surface area (Å²) in [6, 6.07) is 12.9. The summed E-state index contributed by atoms with van der Waals surface area (Å²) in [5.74, 6) is 0.704. The average molecular weight is 333 g/mol. The van der Waals surface area contributed by atoms with Gasteiger partial charge in [0.25, 0.3) is 0 Å². The molecule has 0 aliphatic heterocycles. The standard InChI is InChI=1S/C17H21BrN2/c1-12(2)10-14-4-6-15(7-5-14)11-19-16-8-9-17(18)20-13(16)3/h4-9,12,19H,10-11H2,1-3H3. The van der Waals surface area contributed by atoms with E-state index in [1.807, 2.05) is 13.0 Å². The minimum atomic E-state index is 0.704. The van der Waals surface area contributed by atoms with E-state index in [4.69, 9.17) is 0 Å². The van der Waals surface area contributed by atoms with E-state index in [-0.39, 0.29) is 0 Å². The predicted octanol–water partition coefficient (Wildman–Crippen LogP) is 4.96. The van der Waals surface area contributed by atoms with Gasteiger partial charge in [-0.3, -0.25) is 0 Å². The Labute approximate surface area is 129 Å². The third-order valence-corrected chi connectivity index (χ3v) is 3.64. The fourth-order valence-electron chi connectivity index (χ4n) is 2.18. The van der Waals surface area contributed by atoms with Crippen LogP contribution in [0, 0.1) is 12.8 Å². The van der Waals surface area contributed by atoms with Crippen LogP contribution in [0.3, 0.4) is 0 Å². The number of anilines is 1. The van der Waals surface area contributed by atoms with Crippen LogP contribution in [0.5, 0.6) is 0 Å². The Kier molecular flexibility index (Phi) is 5.18. The first-order chi connectivity index (χ1) is 9.54. The van der Waals surface area contributed by atoms with Gasteiger partial charge in [-0.05, 0) is 58.5 Å². The molecule has 0 atom stereocenters. The van der Waals surface area contributed by atoms with Crippen LogP contribution in [0.2, 0.25) is 0 Å². The second kappa shape index (κ2) is 6.89. The molecule has 1 aromatic heterocycles. The molecule has 0 aliphatic carbocycles. The number of nitrogens with zero attached hydrogens (tertiary/aromatic N) is 1. The Morgan fingerprint density at radius 2 is 1.70 bits per heavy atom. The molecule has 1 heterocycles. The lowest BCUT2D eigenvalue weighted by molar-refractivity contribution is 0.647. The van der Waals surface area contributed by atoms with Gasteiger partial charge in [0.15, 0.2) is 0 Å². The van der Waals surface area contributed by atoms with Crippen molar-refractivity contribution in [1.82, 2.24) is 4.98 Å². The number of rotatable bonds is 5. The van der Waals surface area contributed by atoms with Gasteiger partial charge in [-0.1, -0.05) is 38.1 Å². The third-order valence-electron chi connectivity index (χ3n) is 3.20. The normalized spacial score (nSPS) is 10.8. The maximum absolute atomic E-state index is 4.39. The molecule has 0 aliphatic rings. The van der Waals surface area contributed by atoms with E-state index < -0.39 is 0 Å². The molecule has 0 amide bonds. The van der Waals surface area contributed by atoms with E-state index in [0.717, 1.165) is 29.0 Å². The Balaban J connectivity index is 1.96. The Hall–Kier alpha value is -1.35. The lowest BCUT2D eigenvalue weighted by atomic mass is 10.0. The number of hydrogen-bond donors (Lipinski definition) is 1. The average Bonchev–Trinajstić information content (AvgIpc) is 2.39. The van der Waals surface area contributed by atoms with Crippen molar-refractivity contribution in [2.45, 2.75) is 33.7 Å². The lowest BCUT2D eigenvalue weighted by Gasteiger charge is -2.10. The summed E-state index contributed by atoms with van der Waals surface area (Å²) in [7, 11) is 0. The largest absolute Gasteiger partial charge is 0.380 e. The van der Waals surface area contributed by atoms with Crippen molar-refractivity contribution in [3.63, 3.8) is 0 Å². The van der Waals surface area contributed by atoms with Gasteiger partial charge in [-0.25, -0.2) is 4.98 Å². The molecule has 0 spiro atoms. The van der Waals surface area contributed by atoms with Gasteiger partial charge >= 0.3 is 0 Å². The first kappa shape index (κ1) is 15.0. The number of benzene rings is 1. The van der Waals surface area contributed by atoms with Crippen molar-refractivity contribution in [3.05, 3.63) is 57.8 Å². The SMILES string of the molecule is Cc1nc(Br)ccc1NCc1ccc(CC(C)C)cc1. The van der Waals surface area contributed by atoms with Crippen LogP contribution in [0.15, 0.2) is 41.0 Å². The van der Waals surface area contributed by atoms with E-state index in [1.165, 1.54) is 11.1 Å². The van der Waals surface area contributed by atoms with Crippen LogP contribution in [0.25, 0.3) is 0 Å². The predicted molar refractivity (Wildman–Crippen MR) is 89.0 cm³/mol. The number of halogens is 1. The lowest BCUT2D eigenvalue weighted by Crippen LogP contribution is -2.02. The summed E-state index contributed by atoms with van der Waals surface area (Å²) in [6.07, 6.45) is 1.14. The van der Waals surface area contributed by atoms with Gasteiger partial charge in [0.1, 0.15) is 4.60 Å². The number of aromatic nitrogens is 1. The molecule has 0 saturated heterocycles. The first-order valence-electron chi connectivity index (χ1n) is 6.99. The minimum absolute atomic E-state index is 0.704. The van der Waals surface area contributed by atoms with Crippen LogP contribution in [-0.2, 0) is 13.0 Å². The number of hydrogen-bond acceptors (Lipinski definition) is 2. The molecule has 1 N–H and O–H groups in total. The van der Waals surface area contributed by atoms with Crippen molar-refractivity contribution in [3.8, 4) is 0 Å². The topological polar surface area (TPSA) is 24.9 Å². The Morgan fingerprint density at radius 3 is 2.30 bits per heavy atom. The third kappa shape index (κ3) is 4.34. The van der Waals surface area contributed by atoms with Gasteiger partial charge in [0.05, 0.1) is 11.4 Å². The number of pyridine rings is 1. The summed E-state index contributed by atoms with van der Waals surface area (Å²) in [5, 5.41) is 3.43. The summed E-state index contributed by atoms with van der Waals surface area (Å²) in [4.78, 5) is 4.39. The molecule has 1 aromatic carbocycles. The Bertz CT molecular complexity index is 562. The molecule has 0 unspecified atom stereocenters. The van der Waals surface area contributed by atoms with Gasteiger partial charge in [-0.15, -0.1) is 0 Å². The highest BCUT2D eigenvalue weighted by atomic mass is 79.9. The highest BCUT2D eigenvalue weighted by Crippen LogP contribution is 2.17.